The number of amides is 3. The van der Waals surface area contributed by atoms with E-state index in [2.05, 4.69) is 17.1 Å². The van der Waals surface area contributed by atoms with Crippen LogP contribution in [0.25, 0.3) is 0 Å². The first kappa shape index (κ1) is 25.4. The van der Waals surface area contributed by atoms with E-state index in [1.165, 1.54) is 0 Å². The highest BCUT2D eigenvalue weighted by molar-refractivity contribution is 5.91. The molecule has 4 fully saturated rings. The lowest BCUT2D eigenvalue weighted by molar-refractivity contribution is -0.145. The molecule has 3 N–H and O–H groups in total. The lowest BCUT2D eigenvalue weighted by Gasteiger charge is -2.34. The van der Waals surface area contributed by atoms with Crippen LogP contribution >= 0.6 is 0 Å². The minimum atomic E-state index is -0.395. The molecule has 0 spiro atoms. The SMILES string of the molecule is CC[C@@H]1CCN(CC(=O)N2CCOCC2)[C@H]1C(=O)N1CCC[C@H]1C(=O)NCC1CCC(N)CC1. The molecule has 4 aliphatic rings. The van der Waals surface area contributed by atoms with Crippen LogP contribution in [0.15, 0.2) is 0 Å². The molecular weight excluding hydrogens is 434 g/mol. The first-order valence-corrected chi connectivity index (χ1v) is 13.4. The van der Waals surface area contributed by atoms with Gasteiger partial charge >= 0.3 is 0 Å². The Bertz CT molecular complexity index is 720. The lowest BCUT2D eigenvalue weighted by atomic mass is 9.86. The van der Waals surface area contributed by atoms with Crippen molar-refractivity contribution in [2.45, 2.75) is 76.4 Å². The summed E-state index contributed by atoms with van der Waals surface area (Å²) in [6.45, 7) is 6.80. The van der Waals surface area contributed by atoms with E-state index in [0.29, 0.717) is 57.8 Å². The molecule has 3 aliphatic heterocycles. The maximum atomic E-state index is 13.8. The summed E-state index contributed by atoms with van der Waals surface area (Å²) in [4.78, 5) is 45.5. The summed E-state index contributed by atoms with van der Waals surface area (Å²) >= 11 is 0. The number of nitrogens with one attached hydrogen (secondary N) is 1. The van der Waals surface area contributed by atoms with Gasteiger partial charge in [0.05, 0.1) is 25.8 Å². The van der Waals surface area contributed by atoms with Gasteiger partial charge in [0, 0.05) is 32.2 Å². The molecule has 1 saturated carbocycles. The van der Waals surface area contributed by atoms with Crippen LogP contribution in [0, 0.1) is 11.8 Å². The van der Waals surface area contributed by atoms with Gasteiger partial charge in [-0.25, -0.2) is 0 Å². The molecule has 3 heterocycles. The Kier molecular flexibility index (Phi) is 8.82. The third-order valence-electron chi connectivity index (χ3n) is 8.40. The second-order valence-electron chi connectivity index (χ2n) is 10.6. The predicted molar refractivity (Wildman–Crippen MR) is 129 cm³/mol. The number of nitrogens with zero attached hydrogens (tertiary/aromatic N) is 3. The fourth-order valence-corrected chi connectivity index (χ4v) is 6.20. The van der Waals surface area contributed by atoms with E-state index in [1.807, 2.05) is 4.90 Å². The second kappa shape index (κ2) is 11.8. The van der Waals surface area contributed by atoms with Crippen LogP contribution in [-0.4, -0.2) is 103 Å². The van der Waals surface area contributed by atoms with E-state index in [4.69, 9.17) is 10.5 Å². The van der Waals surface area contributed by atoms with Gasteiger partial charge in [0.1, 0.15) is 6.04 Å². The van der Waals surface area contributed by atoms with Crippen LogP contribution < -0.4 is 11.1 Å². The van der Waals surface area contributed by atoms with Crippen molar-refractivity contribution in [3.05, 3.63) is 0 Å². The number of morpholine rings is 1. The summed E-state index contributed by atoms with van der Waals surface area (Å²) in [7, 11) is 0. The molecule has 3 amide bonds. The van der Waals surface area contributed by atoms with Gasteiger partial charge in [0.2, 0.25) is 17.7 Å². The van der Waals surface area contributed by atoms with E-state index >= 15 is 0 Å². The molecule has 34 heavy (non-hydrogen) atoms. The van der Waals surface area contributed by atoms with Crippen molar-refractivity contribution in [2.75, 3.05) is 52.5 Å². The highest BCUT2D eigenvalue weighted by atomic mass is 16.5. The topological polar surface area (TPSA) is 108 Å². The number of carbonyl (C=O) groups excluding carboxylic acids is 3. The Balaban J connectivity index is 1.36. The van der Waals surface area contributed by atoms with Crippen molar-refractivity contribution in [3.63, 3.8) is 0 Å². The molecule has 4 rings (SSSR count). The van der Waals surface area contributed by atoms with Crippen LogP contribution in [-0.2, 0) is 19.1 Å². The second-order valence-corrected chi connectivity index (χ2v) is 10.6. The van der Waals surface area contributed by atoms with Crippen LogP contribution in [0.1, 0.15) is 58.3 Å². The quantitative estimate of drug-likeness (QED) is 0.555. The normalized spacial score (nSPS) is 32.7. The first-order valence-electron chi connectivity index (χ1n) is 13.4. The molecule has 192 valence electrons. The zero-order valence-corrected chi connectivity index (χ0v) is 20.8. The van der Waals surface area contributed by atoms with Crippen molar-refractivity contribution >= 4 is 17.7 Å². The van der Waals surface area contributed by atoms with Crippen LogP contribution in [0.2, 0.25) is 0 Å². The molecule has 9 nitrogen and oxygen atoms in total. The van der Waals surface area contributed by atoms with Crippen molar-refractivity contribution in [1.29, 1.82) is 0 Å². The Morgan fingerprint density at radius 2 is 1.71 bits per heavy atom. The van der Waals surface area contributed by atoms with Gasteiger partial charge in [0.25, 0.3) is 0 Å². The summed E-state index contributed by atoms with van der Waals surface area (Å²) in [5.41, 5.74) is 6.01. The predicted octanol–water partition coefficient (Wildman–Crippen LogP) is 0.570. The molecule has 3 atom stereocenters. The molecule has 1 aliphatic carbocycles. The van der Waals surface area contributed by atoms with Gasteiger partial charge < -0.3 is 25.6 Å². The molecule has 0 aromatic rings. The Hall–Kier alpha value is -1.71. The standard InChI is InChI=1S/C25H43N5O4/c1-2-19-9-11-29(17-22(31)28-12-14-34-15-13-28)23(19)25(33)30-10-3-4-21(30)24(32)27-16-18-5-7-20(26)8-6-18/h18-21,23H,2-17,26H2,1H3,(H,27,32)/t18?,19-,20?,21+,23-/m1/s1. The highest BCUT2D eigenvalue weighted by Crippen LogP contribution is 2.31. The number of likely N-dealkylation sites (tertiary alicyclic amines) is 2. The van der Waals surface area contributed by atoms with Gasteiger partial charge in [-0.3, -0.25) is 19.3 Å². The summed E-state index contributed by atoms with van der Waals surface area (Å²) in [5, 5.41) is 3.14. The molecule has 0 radical (unpaired) electrons. The van der Waals surface area contributed by atoms with Crippen molar-refractivity contribution < 1.29 is 19.1 Å². The number of nitrogens with two attached hydrogens (primary N) is 1. The maximum absolute atomic E-state index is 13.8. The molecule has 9 heteroatoms. The fourth-order valence-electron chi connectivity index (χ4n) is 6.20. The van der Waals surface area contributed by atoms with Crippen LogP contribution in [0.5, 0.6) is 0 Å². The van der Waals surface area contributed by atoms with Crippen LogP contribution in [0.4, 0.5) is 0 Å². The molecule has 0 unspecified atom stereocenters. The van der Waals surface area contributed by atoms with Crippen molar-refractivity contribution in [1.82, 2.24) is 20.0 Å². The van der Waals surface area contributed by atoms with Gasteiger partial charge in [-0.15, -0.1) is 0 Å². The molecule has 3 saturated heterocycles. The van der Waals surface area contributed by atoms with E-state index in [9.17, 15) is 14.4 Å². The van der Waals surface area contributed by atoms with Crippen LogP contribution in [0.3, 0.4) is 0 Å². The van der Waals surface area contributed by atoms with E-state index in [-0.39, 0.29) is 36.2 Å². The third-order valence-corrected chi connectivity index (χ3v) is 8.40. The van der Waals surface area contributed by atoms with E-state index in [0.717, 1.165) is 51.5 Å². The zero-order valence-electron chi connectivity index (χ0n) is 20.8. The minimum Gasteiger partial charge on any atom is -0.378 e. The van der Waals surface area contributed by atoms with Gasteiger partial charge in [-0.05, 0) is 63.3 Å². The monoisotopic (exact) mass is 477 g/mol. The number of hydrogen-bond donors (Lipinski definition) is 2. The summed E-state index contributed by atoms with van der Waals surface area (Å²) in [5.74, 6) is 0.778. The van der Waals surface area contributed by atoms with Crippen molar-refractivity contribution in [2.24, 2.45) is 17.6 Å². The maximum Gasteiger partial charge on any atom is 0.242 e. The molecule has 0 aromatic heterocycles. The summed E-state index contributed by atoms with van der Waals surface area (Å²) < 4.78 is 5.37. The Labute approximate surface area is 203 Å². The van der Waals surface area contributed by atoms with Gasteiger partial charge in [-0.1, -0.05) is 13.3 Å². The summed E-state index contributed by atoms with van der Waals surface area (Å²) in [6.07, 6.45) is 7.52. The average Bonchev–Trinajstić information content (AvgIpc) is 3.51. The molecular formula is C25H43N5O4. The average molecular weight is 478 g/mol. The molecule has 0 bridgehead atoms. The van der Waals surface area contributed by atoms with Gasteiger partial charge in [-0.2, -0.15) is 0 Å². The summed E-state index contributed by atoms with van der Waals surface area (Å²) in [6, 6.07) is -0.414. The smallest absolute Gasteiger partial charge is 0.242 e. The lowest BCUT2D eigenvalue weighted by Crippen LogP contribution is -2.55. The minimum absolute atomic E-state index is 0.0253. The number of carbonyl (C=O) groups is 3. The molecule has 0 aromatic carbocycles. The Morgan fingerprint density at radius 1 is 0.971 bits per heavy atom. The first-order chi connectivity index (χ1) is 16.5. The number of rotatable bonds is 7. The zero-order chi connectivity index (χ0) is 24.1. The van der Waals surface area contributed by atoms with E-state index < -0.39 is 6.04 Å². The number of ether oxygens (including phenoxy) is 1. The van der Waals surface area contributed by atoms with Gasteiger partial charge in [0.15, 0.2) is 0 Å². The fraction of sp³-hybridized carbons (Fsp3) is 0.880. The Morgan fingerprint density at radius 3 is 2.41 bits per heavy atom. The highest BCUT2D eigenvalue weighted by Gasteiger charge is 2.45. The van der Waals surface area contributed by atoms with E-state index in [1.54, 1.807) is 4.90 Å². The number of hydrogen-bond acceptors (Lipinski definition) is 6. The third kappa shape index (κ3) is 5.91. The van der Waals surface area contributed by atoms with Crippen molar-refractivity contribution in [3.8, 4) is 0 Å². The largest absolute Gasteiger partial charge is 0.378 e.